The number of rotatable bonds is 7. The van der Waals surface area contributed by atoms with Gasteiger partial charge < -0.3 is 14.8 Å². The summed E-state index contributed by atoms with van der Waals surface area (Å²) in [6.07, 6.45) is 0. The Balaban J connectivity index is 1.84. The SMILES string of the molecule is CCOC(=O)c1nn(-c2ccc(C)cc2)c(=O)cc1OCC(=O)Nc1ccc(C)c(F)c1. The van der Waals surface area contributed by atoms with Crippen LogP contribution in [0.1, 0.15) is 28.5 Å². The normalized spacial score (nSPS) is 10.5. The summed E-state index contributed by atoms with van der Waals surface area (Å²) >= 11 is 0. The fraction of sp³-hybridized carbons (Fsp3) is 0.217. The van der Waals surface area contributed by atoms with Crippen molar-refractivity contribution in [2.75, 3.05) is 18.5 Å². The number of carbonyl (C=O) groups is 2. The van der Waals surface area contributed by atoms with Crippen LogP contribution in [0.25, 0.3) is 5.69 Å². The molecule has 0 bridgehead atoms. The Morgan fingerprint density at radius 2 is 1.81 bits per heavy atom. The molecule has 0 aliphatic rings. The zero-order chi connectivity index (χ0) is 23.3. The monoisotopic (exact) mass is 439 g/mol. The molecule has 32 heavy (non-hydrogen) atoms. The lowest BCUT2D eigenvalue weighted by Crippen LogP contribution is -2.27. The van der Waals surface area contributed by atoms with E-state index < -0.39 is 29.9 Å². The van der Waals surface area contributed by atoms with E-state index in [1.54, 1.807) is 44.2 Å². The maximum absolute atomic E-state index is 13.7. The molecule has 9 heteroatoms. The van der Waals surface area contributed by atoms with Crippen molar-refractivity contribution in [3.05, 3.63) is 81.5 Å². The van der Waals surface area contributed by atoms with Crippen LogP contribution in [0.4, 0.5) is 10.1 Å². The number of ether oxygens (including phenoxy) is 2. The lowest BCUT2D eigenvalue weighted by molar-refractivity contribution is -0.118. The third-order valence-corrected chi connectivity index (χ3v) is 4.46. The van der Waals surface area contributed by atoms with Gasteiger partial charge in [-0.1, -0.05) is 23.8 Å². The summed E-state index contributed by atoms with van der Waals surface area (Å²) in [6.45, 7) is 4.69. The van der Waals surface area contributed by atoms with E-state index in [4.69, 9.17) is 9.47 Å². The molecule has 1 N–H and O–H groups in total. The molecular weight excluding hydrogens is 417 g/mol. The zero-order valence-electron chi connectivity index (χ0n) is 17.8. The fourth-order valence-electron chi connectivity index (χ4n) is 2.77. The summed E-state index contributed by atoms with van der Waals surface area (Å²) in [5.41, 5.74) is 1.33. The summed E-state index contributed by atoms with van der Waals surface area (Å²) < 4.78 is 25.1. The maximum atomic E-state index is 13.7. The number of aryl methyl sites for hydroxylation is 2. The molecule has 3 aromatic rings. The number of amides is 1. The van der Waals surface area contributed by atoms with E-state index >= 15 is 0 Å². The first-order valence-electron chi connectivity index (χ1n) is 9.86. The van der Waals surface area contributed by atoms with Crippen molar-refractivity contribution in [2.45, 2.75) is 20.8 Å². The number of benzene rings is 2. The van der Waals surface area contributed by atoms with E-state index in [0.717, 1.165) is 16.3 Å². The predicted molar refractivity (Wildman–Crippen MR) is 116 cm³/mol. The van der Waals surface area contributed by atoms with Gasteiger partial charge in [-0.25, -0.2) is 9.18 Å². The number of esters is 1. The van der Waals surface area contributed by atoms with Crippen molar-refractivity contribution in [3.63, 3.8) is 0 Å². The third kappa shape index (κ3) is 5.37. The molecule has 8 nitrogen and oxygen atoms in total. The van der Waals surface area contributed by atoms with Gasteiger partial charge >= 0.3 is 5.97 Å². The van der Waals surface area contributed by atoms with Crippen molar-refractivity contribution >= 4 is 17.6 Å². The molecule has 1 aromatic heterocycles. The molecule has 1 heterocycles. The van der Waals surface area contributed by atoms with Gasteiger partial charge in [-0.15, -0.1) is 0 Å². The number of halogens is 1. The van der Waals surface area contributed by atoms with E-state index in [9.17, 15) is 18.8 Å². The number of hydrogen-bond acceptors (Lipinski definition) is 6. The molecule has 0 aliphatic carbocycles. The topological polar surface area (TPSA) is 99.5 Å². The zero-order valence-corrected chi connectivity index (χ0v) is 17.8. The summed E-state index contributed by atoms with van der Waals surface area (Å²) in [5.74, 6) is -2.06. The highest BCUT2D eigenvalue weighted by molar-refractivity contribution is 5.93. The second kappa shape index (κ2) is 9.86. The smallest absolute Gasteiger partial charge is 0.362 e. The molecule has 0 aliphatic heterocycles. The van der Waals surface area contributed by atoms with Crippen molar-refractivity contribution < 1.29 is 23.5 Å². The van der Waals surface area contributed by atoms with Gasteiger partial charge in [0.05, 0.1) is 18.4 Å². The summed E-state index contributed by atoms with van der Waals surface area (Å²) in [6, 6.07) is 12.3. The molecule has 0 saturated carbocycles. The average Bonchev–Trinajstić information content (AvgIpc) is 2.76. The van der Waals surface area contributed by atoms with Crippen molar-refractivity contribution in [3.8, 4) is 11.4 Å². The Bertz CT molecular complexity index is 1210. The Morgan fingerprint density at radius 1 is 1.09 bits per heavy atom. The van der Waals surface area contributed by atoms with Crippen LogP contribution >= 0.6 is 0 Å². The molecule has 0 atom stereocenters. The van der Waals surface area contributed by atoms with Gasteiger partial charge in [-0.3, -0.25) is 9.59 Å². The number of anilines is 1. The molecule has 166 valence electrons. The molecule has 0 unspecified atom stereocenters. The number of hydrogen-bond donors (Lipinski definition) is 1. The largest absolute Gasteiger partial charge is 0.481 e. The van der Waals surface area contributed by atoms with Crippen LogP contribution in [0.15, 0.2) is 53.3 Å². The first-order chi connectivity index (χ1) is 15.3. The van der Waals surface area contributed by atoms with E-state index in [2.05, 4.69) is 10.4 Å². The van der Waals surface area contributed by atoms with Gasteiger partial charge in [0, 0.05) is 5.69 Å². The van der Waals surface area contributed by atoms with Crippen LogP contribution in [0.2, 0.25) is 0 Å². The second-order valence-electron chi connectivity index (χ2n) is 6.96. The highest BCUT2D eigenvalue weighted by Crippen LogP contribution is 2.17. The standard InChI is InChI=1S/C23H22FN3O5/c1-4-31-23(30)22-19(12-21(29)27(26-22)17-9-5-14(2)6-10-17)32-13-20(28)25-16-8-7-15(3)18(24)11-16/h5-12H,4,13H2,1-3H3,(H,25,28). The van der Waals surface area contributed by atoms with E-state index in [1.165, 1.54) is 12.1 Å². The van der Waals surface area contributed by atoms with Crippen LogP contribution in [-0.4, -0.2) is 34.9 Å². The molecule has 1 amide bonds. The van der Waals surface area contributed by atoms with Gasteiger partial charge in [0.15, 0.2) is 12.4 Å². The average molecular weight is 439 g/mol. The van der Waals surface area contributed by atoms with E-state index in [1.807, 2.05) is 6.92 Å². The maximum Gasteiger partial charge on any atom is 0.362 e. The number of carbonyl (C=O) groups excluding carboxylic acids is 2. The quantitative estimate of drug-likeness (QED) is 0.568. The molecule has 3 rings (SSSR count). The van der Waals surface area contributed by atoms with Gasteiger partial charge in [0.1, 0.15) is 5.82 Å². The number of nitrogens with zero attached hydrogens (tertiary/aromatic N) is 2. The van der Waals surface area contributed by atoms with Crippen LogP contribution in [0.3, 0.4) is 0 Å². The number of nitrogens with one attached hydrogen (secondary N) is 1. The van der Waals surface area contributed by atoms with Gasteiger partial charge in [0.25, 0.3) is 11.5 Å². The third-order valence-electron chi connectivity index (χ3n) is 4.46. The minimum absolute atomic E-state index is 0.0864. The van der Waals surface area contributed by atoms with Gasteiger partial charge in [-0.05, 0) is 50.6 Å². The number of aromatic nitrogens is 2. The first-order valence-corrected chi connectivity index (χ1v) is 9.86. The van der Waals surface area contributed by atoms with E-state index in [-0.39, 0.29) is 23.7 Å². The molecule has 0 fully saturated rings. The van der Waals surface area contributed by atoms with Crippen molar-refractivity contribution in [1.82, 2.24) is 9.78 Å². The van der Waals surface area contributed by atoms with Crippen LogP contribution in [-0.2, 0) is 9.53 Å². The Kier molecular flexibility index (Phi) is 6.99. The lowest BCUT2D eigenvalue weighted by Gasteiger charge is -2.13. The molecule has 2 aromatic carbocycles. The van der Waals surface area contributed by atoms with Crippen LogP contribution in [0, 0.1) is 19.7 Å². The van der Waals surface area contributed by atoms with Crippen LogP contribution < -0.4 is 15.6 Å². The van der Waals surface area contributed by atoms with Crippen LogP contribution in [0.5, 0.6) is 5.75 Å². The molecule has 0 saturated heterocycles. The Morgan fingerprint density at radius 3 is 2.47 bits per heavy atom. The van der Waals surface area contributed by atoms with Gasteiger partial charge in [-0.2, -0.15) is 9.78 Å². The minimum atomic E-state index is -0.802. The minimum Gasteiger partial charge on any atom is -0.481 e. The highest BCUT2D eigenvalue weighted by Gasteiger charge is 2.20. The highest BCUT2D eigenvalue weighted by atomic mass is 19.1. The molecule has 0 radical (unpaired) electrons. The summed E-state index contributed by atoms with van der Waals surface area (Å²) in [7, 11) is 0. The Hall–Kier alpha value is -4.01. The van der Waals surface area contributed by atoms with E-state index in [0.29, 0.717) is 11.3 Å². The van der Waals surface area contributed by atoms with Crippen molar-refractivity contribution in [1.29, 1.82) is 0 Å². The predicted octanol–water partition coefficient (Wildman–Crippen LogP) is 3.18. The van der Waals surface area contributed by atoms with Crippen molar-refractivity contribution in [2.24, 2.45) is 0 Å². The lowest BCUT2D eigenvalue weighted by atomic mass is 10.2. The molecule has 0 spiro atoms. The molecular formula is C23H22FN3O5. The Labute approximate surface area is 183 Å². The fourth-order valence-corrected chi connectivity index (χ4v) is 2.77. The second-order valence-corrected chi connectivity index (χ2v) is 6.96. The summed E-state index contributed by atoms with van der Waals surface area (Å²) in [5, 5.41) is 6.58. The van der Waals surface area contributed by atoms with Gasteiger partial charge in [0.2, 0.25) is 5.69 Å². The first kappa shape index (κ1) is 22.7. The summed E-state index contributed by atoms with van der Waals surface area (Å²) in [4.78, 5) is 37.2.